The maximum Gasteiger partial charge on any atom is 0.260 e. The number of nitriles is 1. The molecule has 130 valence electrons. The van der Waals surface area contributed by atoms with Gasteiger partial charge in [-0.2, -0.15) is 5.26 Å². The number of hydrogen-bond acceptors (Lipinski definition) is 3. The number of halogens is 1. The van der Waals surface area contributed by atoms with E-state index >= 15 is 0 Å². The quantitative estimate of drug-likeness (QED) is 0.623. The molecule has 3 aromatic rings. The molecule has 4 nitrogen and oxygen atoms in total. The minimum atomic E-state index is -0.122. The van der Waals surface area contributed by atoms with Crippen molar-refractivity contribution >= 4 is 32.6 Å². The number of hydrogen-bond donors (Lipinski definition) is 0. The van der Waals surface area contributed by atoms with Crippen LogP contribution in [0.4, 0.5) is 0 Å². The van der Waals surface area contributed by atoms with Crippen LogP contribution in [-0.4, -0.2) is 24.5 Å². The lowest BCUT2D eigenvalue weighted by atomic mass is 10.1. The monoisotopic (exact) mass is 408 g/mol. The van der Waals surface area contributed by atoms with Crippen molar-refractivity contribution in [3.63, 3.8) is 0 Å². The van der Waals surface area contributed by atoms with Crippen LogP contribution in [0, 0.1) is 11.3 Å². The first-order valence-electron chi connectivity index (χ1n) is 8.10. The van der Waals surface area contributed by atoms with Gasteiger partial charge in [0, 0.05) is 18.1 Å². The van der Waals surface area contributed by atoms with Crippen LogP contribution in [0.1, 0.15) is 11.1 Å². The molecule has 0 radical (unpaired) electrons. The molecule has 3 rings (SSSR count). The third-order valence-corrected chi connectivity index (χ3v) is 4.53. The van der Waals surface area contributed by atoms with E-state index in [1.165, 1.54) is 0 Å². The van der Waals surface area contributed by atoms with E-state index < -0.39 is 0 Å². The summed E-state index contributed by atoms with van der Waals surface area (Å²) >= 11 is 3.45. The van der Waals surface area contributed by atoms with Crippen molar-refractivity contribution in [2.24, 2.45) is 0 Å². The zero-order valence-electron chi connectivity index (χ0n) is 14.3. The molecule has 0 bridgehead atoms. The lowest BCUT2D eigenvalue weighted by Crippen LogP contribution is -2.30. The Morgan fingerprint density at radius 2 is 1.88 bits per heavy atom. The van der Waals surface area contributed by atoms with Gasteiger partial charge >= 0.3 is 0 Å². The Morgan fingerprint density at radius 3 is 2.69 bits per heavy atom. The summed E-state index contributed by atoms with van der Waals surface area (Å²) in [6, 6.07) is 21.1. The summed E-state index contributed by atoms with van der Waals surface area (Å²) in [4.78, 5) is 13.9. The van der Waals surface area contributed by atoms with Crippen molar-refractivity contribution < 1.29 is 9.53 Å². The Morgan fingerprint density at radius 1 is 1.12 bits per heavy atom. The normalized spacial score (nSPS) is 10.3. The van der Waals surface area contributed by atoms with Gasteiger partial charge in [-0.3, -0.25) is 4.79 Å². The maximum atomic E-state index is 12.3. The lowest BCUT2D eigenvalue weighted by molar-refractivity contribution is -0.132. The fraction of sp³-hybridized carbons (Fsp3) is 0.143. The summed E-state index contributed by atoms with van der Waals surface area (Å²) in [5, 5.41) is 11.1. The highest BCUT2D eigenvalue weighted by Crippen LogP contribution is 2.24. The third kappa shape index (κ3) is 4.41. The number of nitrogens with zero attached hydrogens (tertiary/aromatic N) is 2. The molecule has 0 aromatic heterocycles. The van der Waals surface area contributed by atoms with E-state index in [2.05, 4.69) is 22.0 Å². The molecular weight excluding hydrogens is 392 g/mol. The van der Waals surface area contributed by atoms with Crippen molar-refractivity contribution in [1.82, 2.24) is 4.90 Å². The molecule has 26 heavy (non-hydrogen) atoms. The number of carbonyl (C=O) groups is 1. The molecule has 0 atom stereocenters. The van der Waals surface area contributed by atoms with Crippen LogP contribution in [0.25, 0.3) is 10.8 Å². The number of ether oxygens (including phenoxy) is 1. The molecule has 0 N–H and O–H groups in total. The van der Waals surface area contributed by atoms with Gasteiger partial charge < -0.3 is 9.64 Å². The van der Waals surface area contributed by atoms with Gasteiger partial charge in [-0.05, 0) is 52.7 Å². The van der Waals surface area contributed by atoms with Crippen molar-refractivity contribution in [2.75, 3.05) is 13.7 Å². The SMILES string of the molecule is CN(Cc1cccc(C#N)c1)C(=O)COc1ccc2cc(Br)ccc2c1. The molecule has 0 aliphatic heterocycles. The largest absolute Gasteiger partial charge is 0.484 e. The Bertz CT molecular complexity index is 995. The molecule has 1 amide bonds. The summed E-state index contributed by atoms with van der Waals surface area (Å²) in [5.74, 6) is 0.538. The van der Waals surface area contributed by atoms with Crippen molar-refractivity contribution in [3.05, 3.63) is 76.3 Å². The first-order chi connectivity index (χ1) is 12.5. The van der Waals surface area contributed by atoms with E-state index in [0.29, 0.717) is 17.9 Å². The van der Waals surface area contributed by atoms with Gasteiger partial charge in [-0.25, -0.2) is 0 Å². The average molecular weight is 409 g/mol. The van der Waals surface area contributed by atoms with Crippen molar-refractivity contribution in [1.29, 1.82) is 5.26 Å². The number of rotatable bonds is 5. The van der Waals surface area contributed by atoms with E-state index in [4.69, 9.17) is 10.00 Å². The predicted molar refractivity (Wildman–Crippen MR) is 105 cm³/mol. The van der Waals surface area contributed by atoms with Gasteiger partial charge in [-0.15, -0.1) is 0 Å². The Balaban J connectivity index is 1.61. The summed E-state index contributed by atoms with van der Waals surface area (Å²) < 4.78 is 6.68. The lowest BCUT2D eigenvalue weighted by Gasteiger charge is -2.18. The minimum absolute atomic E-state index is 0.0313. The molecule has 0 aliphatic rings. The van der Waals surface area contributed by atoms with E-state index in [-0.39, 0.29) is 12.5 Å². The molecule has 0 saturated heterocycles. The van der Waals surface area contributed by atoms with Gasteiger partial charge in [0.2, 0.25) is 0 Å². The molecule has 0 saturated carbocycles. The molecule has 5 heteroatoms. The second kappa shape index (κ2) is 8.03. The standard InChI is InChI=1S/C21H17BrN2O2/c1-24(13-16-4-2-3-15(9-16)12-23)21(25)14-26-20-8-6-17-10-19(22)7-5-18(17)11-20/h2-11H,13-14H2,1H3. The molecule has 0 aliphatic carbocycles. The van der Waals surface area contributed by atoms with Gasteiger partial charge in [0.1, 0.15) is 5.75 Å². The molecule has 0 spiro atoms. The molecule has 0 heterocycles. The van der Waals surface area contributed by atoms with Gasteiger partial charge in [0.15, 0.2) is 6.61 Å². The first-order valence-corrected chi connectivity index (χ1v) is 8.89. The number of benzene rings is 3. The van der Waals surface area contributed by atoms with Crippen LogP contribution in [0.5, 0.6) is 5.75 Å². The van der Waals surface area contributed by atoms with Crippen molar-refractivity contribution in [2.45, 2.75) is 6.54 Å². The number of carbonyl (C=O) groups excluding carboxylic acids is 1. The minimum Gasteiger partial charge on any atom is -0.484 e. The van der Waals surface area contributed by atoms with E-state index in [0.717, 1.165) is 20.8 Å². The van der Waals surface area contributed by atoms with Gasteiger partial charge in [0.25, 0.3) is 5.91 Å². The van der Waals surface area contributed by atoms with Crippen LogP contribution >= 0.6 is 15.9 Å². The van der Waals surface area contributed by atoms with Crippen LogP contribution in [-0.2, 0) is 11.3 Å². The highest BCUT2D eigenvalue weighted by atomic mass is 79.9. The first kappa shape index (κ1) is 18.0. The summed E-state index contributed by atoms with van der Waals surface area (Å²) in [5.41, 5.74) is 1.50. The fourth-order valence-corrected chi connectivity index (χ4v) is 3.02. The van der Waals surface area contributed by atoms with Crippen LogP contribution in [0.3, 0.4) is 0 Å². The van der Waals surface area contributed by atoms with E-state index in [9.17, 15) is 4.79 Å². The highest BCUT2D eigenvalue weighted by molar-refractivity contribution is 9.10. The fourth-order valence-electron chi connectivity index (χ4n) is 2.64. The highest BCUT2D eigenvalue weighted by Gasteiger charge is 2.11. The molecular formula is C21H17BrN2O2. The summed E-state index contributed by atoms with van der Waals surface area (Å²) in [7, 11) is 1.72. The van der Waals surface area contributed by atoms with Crippen LogP contribution < -0.4 is 4.74 Å². The summed E-state index contributed by atoms with van der Waals surface area (Å²) in [6.45, 7) is 0.403. The second-order valence-corrected chi connectivity index (χ2v) is 6.92. The van der Waals surface area contributed by atoms with E-state index in [1.807, 2.05) is 48.5 Å². The van der Waals surface area contributed by atoms with Crippen molar-refractivity contribution in [3.8, 4) is 11.8 Å². The Labute approximate surface area is 160 Å². The zero-order chi connectivity index (χ0) is 18.5. The number of likely N-dealkylation sites (N-methyl/N-ethyl adjacent to an activating group) is 1. The smallest absolute Gasteiger partial charge is 0.260 e. The van der Waals surface area contributed by atoms with Crippen LogP contribution in [0.15, 0.2) is 65.1 Å². The Kier molecular flexibility index (Phi) is 5.55. The topological polar surface area (TPSA) is 53.3 Å². The van der Waals surface area contributed by atoms with Crippen LogP contribution in [0.2, 0.25) is 0 Å². The van der Waals surface area contributed by atoms with Gasteiger partial charge in [0.05, 0.1) is 11.6 Å². The molecule has 3 aromatic carbocycles. The predicted octanol–water partition coefficient (Wildman–Crippen LogP) is 4.51. The number of fused-ring (bicyclic) bond motifs is 1. The molecule has 0 unspecified atom stereocenters. The zero-order valence-corrected chi connectivity index (χ0v) is 15.9. The van der Waals surface area contributed by atoms with Gasteiger partial charge in [-0.1, -0.05) is 40.2 Å². The Hall–Kier alpha value is -2.84. The molecule has 0 fully saturated rings. The maximum absolute atomic E-state index is 12.3. The third-order valence-electron chi connectivity index (χ3n) is 4.04. The number of amides is 1. The second-order valence-electron chi connectivity index (χ2n) is 6.00. The van der Waals surface area contributed by atoms with E-state index in [1.54, 1.807) is 24.1 Å². The average Bonchev–Trinajstić information content (AvgIpc) is 2.66. The summed E-state index contributed by atoms with van der Waals surface area (Å²) in [6.07, 6.45) is 0.